The maximum atomic E-state index is 12.3. The van der Waals surface area contributed by atoms with E-state index in [4.69, 9.17) is 0 Å². The Balaban J connectivity index is 1.79. The number of hydrogen-bond donors (Lipinski definition) is 0. The molecule has 0 spiro atoms. The zero-order valence-electron chi connectivity index (χ0n) is 9.87. The van der Waals surface area contributed by atoms with Gasteiger partial charge in [0.15, 0.2) is 0 Å². The first-order chi connectivity index (χ1) is 8.84. The third-order valence-electron chi connectivity index (χ3n) is 3.22. The van der Waals surface area contributed by atoms with Crippen molar-refractivity contribution in [1.82, 2.24) is 4.98 Å². The number of nitrogens with zero attached hydrogens (tertiary/aromatic N) is 1. The van der Waals surface area contributed by atoms with Crippen LogP contribution in [0.3, 0.4) is 0 Å². The van der Waals surface area contributed by atoms with Gasteiger partial charge in [0.2, 0.25) is 0 Å². The number of carbonyl (C=O) groups is 1. The van der Waals surface area contributed by atoms with Crippen molar-refractivity contribution >= 4 is 17.5 Å². The Morgan fingerprint density at radius 2 is 2.00 bits per heavy atom. The van der Waals surface area contributed by atoms with E-state index in [0.717, 1.165) is 11.3 Å². The number of rotatable bonds is 3. The quantitative estimate of drug-likeness (QED) is 0.844. The summed E-state index contributed by atoms with van der Waals surface area (Å²) in [5, 5.41) is 0. The van der Waals surface area contributed by atoms with Crippen LogP contribution in [-0.4, -0.2) is 16.5 Å². The number of carbonyl (C=O) groups excluding carboxylic acids is 1. The number of benzene rings is 1. The van der Waals surface area contributed by atoms with E-state index in [1.165, 1.54) is 10.5 Å². The number of hydrogen-bond acceptors (Lipinski definition) is 3. The summed E-state index contributed by atoms with van der Waals surface area (Å²) in [4.78, 5) is 17.6. The normalized spacial score (nSPS) is 17.4. The molecule has 3 rings (SSSR count). The molecule has 1 aliphatic heterocycles. The number of thioether (sulfide) groups is 1. The van der Waals surface area contributed by atoms with Gasteiger partial charge in [0, 0.05) is 29.5 Å². The first kappa shape index (κ1) is 11.5. The van der Waals surface area contributed by atoms with E-state index in [2.05, 4.69) is 17.1 Å². The zero-order chi connectivity index (χ0) is 12.4. The highest BCUT2D eigenvalue weighted by molar-refractivity contribution is 7.99. The van der Waals surface area contributed by atoms with Gasteiger partial charge in [0.25, 0.3) is 0 Å². The minimum Gasteiger partial charge on any atom is -0.299 e. The van der Waals surface area contributed by atoms with Gasteiger partial charge in [0.1, 0.15) is 5.78 Å². The molecule has 2 heterocycles. The molecule has 1 aliphatic rings. The maximum Gasteiger partial charge on any atom is 0.145 e. The first-order valence-corrected chi connectivity index (χ1v) is 6.96. The second-order valence-electron chi connectivity index (χ2n) is 4.40. The van der Waals surface area contributed by atoms with Crippen molar-refractivity contribution in [2.45, 2.75) is 17.2 Å². The summed E-state index contributed by atoms with van der Waals surface area (Å²) in [6, 6.07) is 12.0. The lowest BCUT2D eigenvalue weighted by atomic mass is 9.93. The summed E-state index contributed by atoms with van der Waals surface area (Å²) in [5.41, 5.74) is 2.24. The predicted octanol–water partition coefficient (Wildman–Crippen LogP) is 3.08. The smallest absolute Gasteiger partial charge is 0.145 e. The summed E-state index contributed by atoms with van der Waals surface area (Å²) >= 11 is 1.78. The van der Waals surface area contributed by atoms with Crippen LogP contribution in [0.1, 0.15) is 17.0 Å². The van der Waals surface area contributed by atoms with E-state index in [1.54, 1.807) is 24.2 Å². The van der Waals surface area contributed by atoms with Crippen LogP contribution in [0.2, 0.25) is 0 Å². The zero-order valence-corrected chi connectivity index (χ0v) is 10.7. The van der Waals surface area contributed by atoms with E-state index < -0.39 is 0 Å². The minimum absolute atomic E-state index is 0.0550. The molecule has 3 heteroatoms. The molecule has 0 bridgehead atoms. The van der Waals surface area contributed by atoms with Crippen molar-refractivity contribution in [3.63, 3.8) is 0 Å². The fourth-order valence-electron chi connectivity index (χ4n) is 2.25. The first-order valence-electron chi connectivity index (χ1n) is 5.98. The highest BCUT2D eigenvalue weighted by atomic mass is 32.2. The fourth-order valence-corrected chi connectivity index (χ4v) is 3.52. The third-order valence-corrected chi connectivity index (χ3v) is 4.40. The van der Waals surface area contributed by atoms with Gasteiger partial charge in [-0.25, -0.2) is 0 Å². The molecule has 0 amide bonds. The Kier molecular flexibility index (Phi) is 3.15. The van der Waals surface area contributed by atoms with E-state index in [0.29, 0.717) is 12.2 Å². The van der Waals surface area contributed by atoms with E-state index in [9.17, 15) is 4.79 Å². The van der Waals surface area contributed by atoms with Crippen molar-refractivity contribution < 1.29 is 4.79 Å². The molecule has 0 fully saturated rings. The molecule has 2 nitrogen and oxygen atoms in total. The Hall–Kier alpha value is -1.61. The van der Waals surface area contributed by atoms with E-state index >= 15 is 0 Å². The topological polar surface area (TPSA) is 30.0 Å². The van der Waals surface area contributed by atoms with Crippen LogP contribution >= 0.6 is 11.8 Å². The van der Waals surface area contributed by atoms with Crippen molar-refractivity contribution in [3.8, 4) is 0 Å². The lowest BCUT2D eigenvalue weighted by Gasteiger charge is -2.09. The molecule has 0 aliphatic carbocycles. The van der Waals surface area contributed by atoms with Gasteiger partial charge in [-0.05, 0) is 29.3 Å². The predicted molar refractivity (Wildman–Crippen MR) is 72.9 cm³/mol. The molecule has 0 N–H and O–H groups in total. The lowest BCUT2D eigenvalue weighted by Crippen LogP contribution is -2.14. The molecule has 0 saturated heterocycles. The average molecular weight is 255 g/mol. The van der Waals surface area contributed by atoms with Gasteiger partial charge in [-0.1, -0.05) is 18.2 Å². The standard InChI is InChI=1S/C15H13NOS/c17-14(9-11-5-7-16-8-6-11)13-10-18-15-4-2-1-3-12(13)15/h1-8,13H,9-10H2. The molecule has 2 aromatic rings. The summed E-state index contributed by atoms with van der Waals surface area (Å²) in [5.74, 6) is 1.24. The average Bonchev–Trinajstić information content (AvgIpc) is 2.84. The summed E-state index contributed by atoms with van der Waals surface area (Å²) in [6.07, 6.45) is 3.97. The van der Waals surface area contributed by atoms with Crippen molar-refractivity contribution in [2.75, 3.05) is 5.75 Å². The van der Waals surface area contributed by atoms with Gasteiger partial charge in [-0.3, -0.25) is 9.78 Å². The fraction of sp³-hybridized carbons (Fsp3) is 0.200. The van der Waals surface area contributed by atoms with Gasteiger partial charge in [-0.15, -0.1) is 11.8 Å². The Morgan fingerprint density at radius 1 is 1.22 bits per heavy atom. The second-order valence-corrected chi connectivity index (χ2v) is 5.46. The third kappa shape index (κ3) is 2.18. The lowest BCUT2D eigenvalue weighted by molar-refractivity contribution is -0.119. The molecular weight excluding hydrogens is 242 g/mol. The van der Waals surface area contributed by atoms with Crippen LogP contribution in [0.5, 0.6) is 0 Å². The Morgan fingerprint density at radius 3 is 2.83 bits per heavy atom. The van der Waals surface area contributed by atoms with Gasteiger partial charge in [-0.2, -0.15) is 0 Å². The molecule has 1 unspecified atom stereocenters. The summed E-state index contributed by atoms with van der Waals surface area (Å²) in [7, 11) is 0. The van der Waals surface area contributed by atoms with Gasteiger partial charge >= 0.3 is 0 Å². The largest absolute Gasteiger partial charge is 0.299 e. The van der Waals surface area contributed by atoms with E-state index in [-0.39, 0.29) is 5.92 Å². The van der Waals surface area contributed by atoms with Crippen molar-refractivity contribution in [3.05, 3.63) is 59.9 Å². The summed E-state index contributed by atoms with van der Waals surface area (Å²) < 4.78 is 0. The van der Waals surface area contributed by atoms with Gasteiger partial charge < -0.3 is 0 Å². The molecule has 0 radical (unpaired) electrons. The van der Waals surface area contributed by atoms with Crippen LogP contribution < -0.4 is 0 Å². The monoisotopic (exact) mass is 255 g/mol. The van der Waals surface area contributed by atoms with E-state index in [1.807, 2.05) is 24.3 Å². The SMILES string of the molecule is O=C(Cc1ccncc1)C1CSc2ccccc21. The second kappa shape index (κ2) is 4.94. The van der Waals surface area contributed by atoms with Crippen LogP contribution in [0.15, 0.2) is 53.7 Å². The number of Topliss-reactive ketones (excluding diaryl/α,β-unsaturated/α-hetero) is 1. The molecule has 0 saturated carbocycles. The highest BCUT2D eigenvalue weighted by Gasteiger charge is 2.28. The highest BCUT2D eigenvalue weighted by Crippen LogP contribution is 2.40. The van der Waals surface area contributed by atoms with Crippen molar-refractivity contribution in [1.29, 1.82) is 0 Å². The Labute approximate surface area is 110 Å². The number of ketones is 1. The van der Waals surface area contributed by atoms with Gasteiger partial charge in [0.05, 0.1) is 5.92 Å². The molecule has 1 aromatic carbocycles. The van der Waals surface area contributed by atoms with Crippen LogP contribution in [0, 0.1) is 0 Å². The number of fused-ring (bicyclic) bond motifs is 1. The molecular formula is C15H13NOS. The number of pyridine rings is 1. The van der Waals surface area contributed by atoms with Crippen molar-refractivity contribution in [2.24, 2.45) is 0 Å². The Bertz CT molecular complexity index is 568. The number of aromatic nitrogens is 1. The minimum atomic E-state index is 0.0550. The van der Waals surface area contributed by atoms with Crippen LogP contribution in [-0.2, 0) is 11.2 Å². The van der Waals surface area contributed by atoms with Crippen LogP contribution in [0.4, 0.5) is 0 Å². The molecule has 18 heavy (non-hydrogen) atoms. The maximum absolute atomic E-state index is 12.3. The molecule has 1 aromatic heterocycles. The molecule has 90 valence electrons. The van der Waals surface area contributed by atoms with Crippen LogP contribution in [0.25, 0.3) is 0 Å². The summed E-state index contributed by atoms with van der Waals surface area (Å²) in [6.45, 7) is 0. The molecule has 1 atom stereocenters.